The van der Waals surface area contributed by atoms with E-state index in [0.717, 1.165) is 35.3 Å². The van der Waals surface area contributed by atoms with Gasteiger partial charge in [-0.2, -0.15) is 0 Å². The minimum absolute atomic E-state index is 0. The highest BCUT2D eigenvalue weighted by molar-refractivity contribution is 14.0. The SMILES string of the molecule is CCNC(=NCc1ccccc1-n1ccnc1)NCC(C)Oc1ccccc1OC.I. The number of hydrogen-bond acceptors (Lipinski definition) is 4. The van der Waals surface area contributed by atoms with Gasteiger partial charge in [0.1, 0.15) is 6.10 Å². The Morgan fingerprint density at radius 2 is 1.84 bits per heavy atom. The number of methoxy groups -OCH3 is 1. The van der Waals surface area contributed by atoms with Crippen molar-refractivity contribution >= 4 is 29.9 Å². The summed E-state index contributed by atoms with van der Waals surface area (Å²) in [5, 5.41) is 6.64. The quantitative estimate of drug-likeness (QED) is 0.246. The van der Waals surface area contributed by atoms with Gasteiger partial charge in [0.05, 0.1) is 32.2 Å². The van der Waals surface area contributed by atoms with Crippen LogP contribution in [0, 0.1) is 0 Å². The van der Waals surface area contributed by atoms with Crippen molar-refractivity contribution in [3.05, 3.63) is 72.8 Å². The fourth-order valence-electron chi connectivity index (χ4n) is 3.02. The van der Waals surface area contributed by atoms with Crippen LogP contribution >= 0.6 is 24.0 Å². The molecule has 31 heavy (non-hydrogen) atoms. The number of nitrogens with one attached hydrogen (secondary N) is 2. The second-order valence-electron chi connectivity index (χ2n) is 6.75. The first-order valence-corrected chi connectivity index (χ1v) is 10.1. The molecular weight excluding hydrogens is 505 g/mol. The molecule has 0 fully saturated rings. The van der Waals surface area contributed by atoms with Crippen LogP contribution < -0.4 is 20.1 Å². The molecule has 0 aliphatic rings. The summed E-state index contributed by atoms with van der Waals surface area (Å²) in [6.07, 6.45) is 5.43. The molecule has 1 unspecified atom stereocenters. The van der Waals surface area contributed by atoms with Gasteiger partial charge in [-0.15, -0.1) is 24.0 Å². The molecule has 0 aliphatic carbocycles. The second kappa shape index (κ2) is 12.8. The third-order valence-electron chi connectivity index (χ3n) is 4.48. The van der Waals surface area contributed by atoms with Gasteiger partial charge in [0.2, 0.25) is 0 Å². The highest BCUT2D eigenvalue weighted by Crippen LogP contribution is 2.26. The summed E-state index contributed by atoms with van der Waals surface area (Å²) in [7, 11) is 1.64. The van der Waals surface area contributed by atoms with Gasteiger partial charge < -0.3 is 24.7 Å². The van der Waals surface area contributed by atoms with Gasteiger partial charge in [-0.25, -0.2) is 9.98 Å². The van der Waals surface area contributed by atoms with Crippen molar-refractivity contribution in [1.29, 1.82) is 0 Å². The molecule has 1 aromatic heterocycles. The number of para-hydroxylation sites is 3. The van der Waals surface area contributed by atoms with E-state index in [2.05, 4.69) is 27.8 Å². The second-order valence-corrected chi connectivity index (χ2v) is 6.75. The molecule has 0 saturated heterocycles. The molecule has 7 nitrogen and oxygen atoms in total. The van der Waals surface area contributed by atoms with Gasteiger partial charge in [0.15, 0.2) is 17.5 Å². The molecule has 2 N–H and O–H groups in total. The van der Waals surface area contributed by atoms with Gasteiger partial charge in [0, 0.05) is 18.9 Å². The van der Waals surface area contributed by atoms with Gasteiger partial charge in [-0.05, 0) is 37.6 Å². The summed E-state index contributed by atoms with van der Waals surface area (Å²) in [5.74, 6) is 2.19. The number of ether oxygens (including phenoxy) is 2. The minimum atomic E-state index is -0.0663. The largest absolute Gasteiger partial charge is 0.493 e. The molecule has 0 saturated carbocycles. The third-order valence-corrected chi connectivity index (χ3v) is 4.48. The van der Waals surface area contributed by atoms with Gasteiger partial charge in [-0.3, -0.25) is 0 Å². The van der Waals surface area contributed by atoms with Gasteiger partial charge in [0.25, 0.3) is 0 Å². The zero-order valence-electron chi connectivity index (χ0n) is 18.1. The highest BCUT2D eigenvalue weighted by Gasteiger charge is 2.10. The Bertz CT molecular complexity index is 947. The Hall–Kier alpha value is -2.75. The van der Waals surface area contributed by atoms with E-state index in [4.69, 9.17) is 14.5 Å². The average molecular weight is 535 g/mol. The molecule has 1 heterocycles. The van der Waals surface area contributed by atoms with Crippen LogP contribution in [0.15, 0.2) is 72.2 Å². The van der Waals surface area contributed by atoms with E-state index in [0.29, 0.717) is 13.1 Å². The maximum Gasteiger partial charge on any atom is 0.191 e. The molecule has 2 aromatic carbocycles. The monoisotopic (exact) mass is 535 g/mol. The van der Waals surface area contributed by atoms with Crippen LogP contribution in [0.2, 0.25) is 0 Å². The summed E-state index contributed by atoms with van der Waals surface area (Å²) < 4.78 is 13.4. The smallest absolute Gasteiger partial charge is 0.191 e. The van der Waals surface area contributed by atoms with E-state index in [1.807, 2.05) is 61.0 Å². The number of nitrogens with zero attached hydrogens (tertiary/aromatic N) is 3. The molecule has 8 heteroatoms. The molecule has 0 radical (unpaired) electrons. The number of guanidine groups is 1. The lowest BCUT2D eigenvalue weighted by molar-refractivity contribution is 0.213. The number of aromatic nitrogens is 2. The average Bonchev–Trinajstić information content (AvgIpc) is 3.31. The van der Waals surface area contributed by atoms with Crippen molar-refractivity contribution in [3.63, 3.8) is 0 Å². The zero-order chi connectivity index (χ0) is 21.2. The van der Waals surface area contributed by atoms with Crippen LogP contribution in [-0.4, -0.2) is 41.8 Å². The van der Waals surface area contributed by atoms with Crippen LogP contribution in [-0.2, 0) is 6.54 Å². The number of imidazole rings is 1. The predicted octanol–water partition coefficient (Wildman–Crippen LogP) is 4.02. The molecule has 3 aromatic rings. The lowest BCUT2D eigenvalue weighted by Gasteiger charge is -2.19. The van der Waals surface area contributed by atoms with E-state index >= 15 is 0 Å². The standard InChI is InChI=1S/C23H29N5O2.HI/c1-4-25-23(26-15-18(2)30-22-12-8-7-11-21(22)29-3)27-16-19-9-5-6-10-20(19)28-14-13-24-17-28;/h5-14,17-18H,4,15-16H2,1-3H3,(H2,25,26,27);1H. The van der Waals surface area contributed by atoms with Crippen molar-refractivity contribution in [3.8, 4) is 17.2 Å². The molecule has 166 valence electrons. The normalized spacial score (nSPS) is 11.9. The number of hydrogen-bond donors (Lipinski definition) is 2. The molecule has 0 spiro atoms. The Kier molecular flexibility index (Phi) is 10.2. The first kappa shape index (κ1) is 24.5. The number of halogens is 1. The molecule has 1 atom stereocenters. The zero-order valence-corrected chi connectivity index (χ0v) is 20.4. The van der Waals surface area contributed by atoms with E-state index < -0.39 is 0 Å². The van der Waals surface area contributed by atoms with Crippen LogP contribution in [0.1, 0.15) is 19.4 Å². The highest BCUT2D eigenvalue weighted by atomic mass is 127. The number of rotatable bonds is 9. The summed E-state index contributed by atoms with van der Waals surface area (Å²) in [4.78, 5) is 8.89. The molecule has 0 bridgehead atoms. The van der Waals surface area contributed by atoms with E-state index in [1.54, 1.807) is 19.6 Å². The fourth-order valence-corrected chi connectivity index (χ4v) is 3.02. The lowest BCUT2D eigenvalue weighted by atomic mass is 10.2. The fraction of sp³-hybridized carbons (Fsp3) is 0.304. The Labute approximate surface area is 200 Å². The summed E-state index contributed by atoms with van der Waals surface area (Å²) in [6.45, 7) is 5.98. The van der Waals surface area contributed by atoms with Crippen molar-refractivity contribution in [2.75, 3.05) is 20.2 Å². The Balaban J connectivity index is 0.00000341. The number of aliphatic imine (C=N–C) groups is 1. The van der Waals surface area contributed by atoms with Crippen molar-refractivity contribution in [2.24, 2.45) is 4.99 Å². The molecule has 0 amide bonds. The minimum Gasteiger partial charge on any atom is -0.493 e. The molecule has 3 rings (SSSR count). The van der Waals surface area contributed by atoms with Gasteiger partial charge >= 0.3 is 0 Å². The lowest BCUT2D eigenvalue weighted by Crippen LogP contribution is -2.41. The van der Waals surface area contributed by atoms with Crippen molar-refractivity contribution in [2.45, 2.75) is 26.5 Å². The van der Waals surface area contributed by atoms with E-state index in [9.17, 15) is 0 Å². The van der Waals surface area contributed by atoms with Crippen LogP contribution in [0.3, 0.4) is 0 Å². The summed E-state index contributed by atoms with van der Waals surface area (Å²) in [5.41, 5.74) is 2.19. The van der Waals surface area contributed by atoms with Crippen LogP contribution in [0.5, 0.6) is 11.5 Å². The number of benzene rings is 2. The molecular formula is C23H30IN5O2. The Morgan fingerprint density at radius 3 is 2.55 bits per heavy atom. The predicted molar refractivity (Wildman–Crippen MR) is 135 cm³/mol. The van der Waals surface area contributed by atoms with Gasteiger partial charge in [-0.1, -0.05) is 30.3 Å². The summed E-state index contributed by atoms with van der Waals surface area (Å²) in [6, 6.07) is 15.8. The Morgan fingerprint density at radius 1 is 1.10 bits per heavy atom. The van der Waals surface area contributed by atoms with Crippen molar-refractivity contribution < 1.29 is 9.47 Å². The molecule has 0 aliphatic heterocycles. The van der Waals surface area contributed by atoms with E-state index in [1.165, 1.54) is 0 Å². The first-order chi connectivity index (χ1) is 14.7. The topological polar surface area (TPSA) is 72.7 Å². The first-order valence-electron chi connectivity index (χ1n) is 10.1. The maximum atomic E-state index is 6.02. The van der Waals surface area contributed by atoms with Crippen molar-refractivity contribution in [1.82, 2.24) is 20.2 Å². The van der Waals surface area contributed by atoms with Crippen LogP contribution in [0.25, 0.3) is 5.69 Å². The van der Waals surface area contributed by atoms with E-state index in [-0.39, 0.29) is 30.1 Å². The van der Waals surface area contributed by atoms with Crippen LogP contribution in [0.4, 0.5) is 0 Å². The maximum absolute atomic E-state index is 6.02. The summed E-state index contributed by atoms with van der Waals surface area (Å²) >= 11 is 0. The third kappa shape index (κ3) is 7.16.